The lowest BCUT2D eigenvalue weighted by Crippen LogP contribution is -2.39. The average molecular weight is 332 g/mol. The maximum atomic E-state index is 11.9. The molecular formula is C15H20N6O3. The van der Waals surface area contributed by atoms with Crippen LogP contribution in [0.2, 0.25) is 0 Å². The van der Waals surface area contributed by atoms with E-state index in [0.717, 1.165) is 39.3 Å². The molecular weight excluding hydrogens is 312 g/mol. The van der Waals surface area contributed by atoms with Gasteiger partial charge < -0.3 is 15.4 Å². The third kappa shape index (κ3) is 4.06. The highest BCUT2D eigenvalue weighted by molar-refractivity contribution is 6.40. The lowest BCUT2D eigenvalue weighted by molar-refractivity contribution is -0.136. The predicted molar refractivity (Wildman–Crippen MR) is 87.4 cm³/mol. The predicted octanol–water partition coefficient (Wildman–Crippen LogP) is -0.265. The molecule has 3 N–H and O–H groups in total. The Labute approximate surface area is 138 Å². The molecule has 0 saturated carbocycles. The van der Waals surface area contributed by atoms with E-state index in [1.807, 2.05) is 0 Å². The monoisotopic (exact) mass is 332 g/mol. The number of rotatable bonds is 5. The highest BCUT2D eigenvalue weighted by Crippen LogP contribution is 2.17. The maximum absolute atomic E-state index is 11.9. The number of aromatic amines is 1. The molecule has 3 heterocycles. The van der Waals surface area contributed by atoms with Crippen molar-refractivity contribution < 1.29 is 14.3 Å². The van der Waals surface area contributed by atoms with E-state index in [2.05, 4.69) is 30.7 Å². The van der Waals surface area contributed by atoms with E-state index >= 15 is 0 Å². The van der Waals surface area contributed by atoms with Crippen LogP contribution in [0.25, 0.3) is 11.0 Å². The van der Waals surface area contributed by atoms with Crippen LogP contribution in [-0.2, 0) is 14.3 Å². The molecule has 1 fully saturated rings. The van der Waals surface area contributed by atoms with E-state index < -0.39 is 11.8 Å². The summed E-state index contributed by atoms with van der Waals surface area (Å²) in [6, 6.07) is 3.50. The van der Waals surface area contributed by atoms with Gasteiger partial charge in [0.15, 0.2) is 5.65 Å². The molecule has 2 amide bonds. The largest absolute Gasteiger partial charge is 0.379 e. The number of hydrogen-bond acceptors (Lipinski definition) is 6. The van der Waals surface area contributed by atoms with E-state index in [0.29, 0.717) is 23.4 Å². The molecule has 0 aromatic carbocycles. The summed E-state index contributed by atoms with van der Waals surface area (Å²) in [7, 11) is 0. The van der Waals surface area contributed by atoms with E-state index in [1.54, 1.807) is 18.3 Å². The van der Waals surface area contributed by atoms with E-state index in [4.69, 9.17) is 4.74 Å². The standard InChI is InChI=1S/C15H20N6O3/c22-14(17-5-2-6-21-7-9-24-10-8-21)15(23)18-13-11-3-1-4-16-12(11)19-20-13/h1,3-4H,2,5-10H2,(H,17,22)(H2,16,18,19,20,23). The van der Waals surface area contributed by atoms with Crippen molar-refractivity contribution in [2.75, 3.05) is 44.7 Å². The summed E-state index contributed by atoms with van der Waals surface area (Å²) < 4.78 is 5.28. The number of amides is 2. The average Bonchev–Trinajstić information content (AvgIpc) is 3.02. The molecule has 128 valence electrons. The molecule has 0 atom stereocenters. The van der Waals surface area contributed by atoms with E-state index in [9.17, 15) is 9.59 Å². The molecule has 9 heteroatoms. The van der Waals surface area contributed by atoms with Gasteiger partial charge in [-0.05, 0) is 25.1 Å². The minimum absolute atomic E-state index is 0.367. The number of anilines is 1. The lowest BCUT2D eigenvalue weighted by atomic mass is 10.3. The zero-order valence-electron chi connectivity index (χ0n) is 13.2. The van der Waals surface area contributed by atoms with Gasteiger partial charge in [0.1, 0.15) is 5.82 Å². The van der Waals surface area contributed by atoms with Crippen LogP contribution in [0, 0.1) is 0 Å². The molecule has 2 aromatic rings. The van der Waals surface area contributed by atoms with Crippen LogP contribution in [0.3, 0.4) is 0 Å². The summed E-state index contributed by atoms with van der Waals surface area (Å²) in [6.45, 7) is 4.66. The molecule has 0 bridgehead atoms. The van der Waals surface area contributed by atoms with Crippen molar-refractivity contribution in [1.29, 1.82) is 0 Å². The zero-order chi connectivity index (χ0) is 16.8. The van der Waals surface area contributed by atoms with Crippen molar-refractivity contribution in [2.45, 2.75) is 6.42 Å². The Balaban J connectivity index is 1.42. The second kappa shape index (κ2) is 7.84. The zero-order valence-corrected chi connectivity index (χ0v) is 13.2. The fourth-order valence-corrected chi connectivity index (χ4v) is 2.53. The highest BCUT2D eigenvalue weighted by Gasteiger charge is 2.16. The first-order valence-electron chi connectivity index (χ1n) is 7.92. The lowest BCUT2D eigenvalue weighted by Gasteiger charge is -2.26. The molecule has 2 aromatic heterocycles. The van der Waals surface area contributed by atoms with E-state index in [1.165, 1.54) is 0 Å². The Morgan fingerprint density at radius 2 is 2.12 bits per heavy atom. The number of carbonyl (C=O) groups excluding carboxylic acids is 2. The van der Waals surface area contributed by atoms with Gasteiger partial charge >= 0.3 is 11.8 Å². The topological polar surface area (TPSA) is 112 Å². The third-order valence-electron chi connectivity index (χ3n) is 3.81. The number of morpholine rings is 1. The fraction of sp³-hybridized carbons (Fsp3) is 0.467. The summed E-state index contributed by atoms with van der Waals surface area (Å²) in [4.78, 5) is 30.1. The molecule has 3 rings (SSSR count). The molecule has 1 aliphatic rings. The van der Waals surface area contributed by atoms with Crippen LogP contribution in [0.15, 0.2) is 18.3 Å². The first-order valence-corrected chi connectivity index (χ1v) is 7.92. The maximum Gasteiger partial charge on any atom is 0.314 e. The molecule has 0 aliphatic carbocycles. The minimum atomic E-state index is -0.726. The normalized spacial score (nSPS) is 15.3. The van der Waals surface area contributed by atoms with Crippen molar-refractivity contribution in [3.63, 3.8) is 0 Å². The Morgan fingerprint density at radius 3 is 2.96 bits per heavy atom. The number of fused-ring (bicyclic) bond motifs is 1. The van der Waals surface area contributed by atoms with Gasteiger partial charge in [0.25, 0.3) is 0 Å². The Kier molecular flexibility index (Phi) is 5.34. The number of nitrogens with zero attached hydrogens (tertiary/aromatic N) is 3. The van der Waals surface area contributed by atoms with Gasteiger partial charge in [0, 0.05) is 25.8 Å². The number of H-pyrrole nitrogens is 1. The van der Waals surface area contributed by atoms with Crippen LogP contribution in [-0.4, -0.2) is 71.3 Å². The van der Waals surface area contributed by atoms with Gasteiger partial charge in [-0.3, -0.25) is 19.6 Å². The molecule has 1 aliphatic heterocycles. The second-order valence-corrected chi connectivity index (χ2v) is 5.49. The molecule has 9 nitrogen and oxygen atoms in total. The van der Waals surface area contributed by atoms with Gasteiger partial charge in [0.05, 0.1) is 18.6 Å². The number of hydrogen-bond donors (Lipinski definition) is 3. The van der Waals surface area contributed by atoms with Gasteiger partial charge in [0.2, 0.25) is 0 Å². The van der Waals surface area contributed by atoms with Crippen LogP contribution < -0.4 is 10.6 Å². The summed E-state index contributed by atoms with van der Waals surface area (Å²) in [6.07, 6.45) is 2.39. The quantitative estimate of drug-likeness (QED) is 0.513. The van der Waals surface area contributed by atoms with Crippen LogP contribution in [0.5, 0.6) is 0 Å². The van der Waals surface area contributed by atoms with Crippen molar-refractivity contribution in [2.24, 2.45) is 0 Å². The Bertz CT molecular complexity index is 710. The Hall–Kier alpha value is -2.52. The van der Waals surface area contributed by atoms with E-state index in [-0.39, 0.29) is 0 Å². The van der Waals surface area contributed by atoms with Crippen molar-refractivity contribution in [1.82, 2.24) is 25.4 Å². The second-order valence-electron chi connectivity index (χ2n) is 5.49. The fourth-order valence-electron chi connectivity index (χ4n) is 2.53. The smallest absolute Gasteiger partial charge is 0.314 e. The summed E-state index contributed by atoms with van der Waals surface area (Å²) in [5.74, 6) is -1.02. The summed E-state index contributed by atoms with van der Waals surface area (Å²) in [5, 5.41) is 12.4. The van der Waals surface area contributed by atoms with Crippen molar-refractivity contribution >= 4 is 28.7 Å². The minimum Gasteiger partial charge on any atom is -0.379 e. The van der Waals surface area contributed by atoms with Gasteiger partial charge in [-0.1, -0.05) is 0 Å². The number of carbonyl (C=O) groups is 2. The first-order chi connectivity index (χ1) is 11.7. The number of aromatic nitrogens is 3. The van der Waals surface area contributed by atoms with Crippen molar-refractivity contribution in [3.8, 4) is 0 Å². The van der Waals surface area contributed by atoms with Crippen molar-refractivity contribution in [3.05, 3.63) is 18.3 Å². The molecule has 0 spiro atoms. The van der Waals surface area contributed by atoms with Crippen LogP contribution in [0.4, 0.5) is 5.82 Å². The van der Waals surface area contributed by atoms with Gasteiger partial charge in [-0.15, -0.1) is 0 Å². The molecule has 0 radical (unpaired) electrons. The van der Waals surface area contributed by atoms with Gasteiger partial charge in [-0.25, -0.2) is 4.98 Å². The third-order valence-corrected chi connectivity index (χ3v) is 3.81. The van der Waals surface area contributed by atoms with Gasteiger partial charge in [-0.2, -0.15) is 5.10 Å². The Morgan fingerprint density at radius 1 is 1.29 bits per heavy atom. The number of ether oxygens (including phenoxy) is 1. The molecule has 24 heavy (non-hydrogen) atoms. The number of nitrogens with one attached hydrogen (secondary N) is 3. The molecule has 1 saturated heterocycles. The SMILES string of the molecule is O=C(NCCCN1CCOCC1)C(=O)Nc1[nH]nc2ncccc12. The van der Waals surface area contributed by atoms with Crippen LogP contribution >= 0.6 is 0 Å². The highest BCUT2D eigenvalue weighted by atomic mass is 16.5. The molecule has 0 unspecified atom stereocenters. The summed E-state index contributed by atoms with van der Waals surface area (Å²) in [5.41, 5.74) is 0.485. The van der Waals surface area contributed by atoms with Crippen LogP contribution in [0.1, 0.15) is 6.42 Å². The first kappa shape index (κ1) is 16.3. The summed E-state index contributed by atoms with van der Waals surface area (Å²) >= 11 is 0. The number of pyridine rings is 1.